The Morgan fingerprint density at radius 1 is 1.37 bits per heavy atom. The van der Waals surface area contributed by atoms with Crippen LogP contribution in [0.2, 0.25) is 0 Å². The summed E-state index contributed by atoms with van der Waals surface area (Å²) in [4.78, 5) is 25.2. The number of carbonyl (C=O) groups is 2. The summed E-state index contributed by atoms with van der Waals surface area (Å²) in [6.45, 7) is 0.366. The summed E-state index contributed by atoms with van der Waals surface area (Å²) in [5, 5.41) is 15.9. The van der Waals surface area contributed by atoms with Crippen molar-refractivity contribution >= 4 is 34.4 Å². The van der Waals surface area contributed by atoms with Crippen molar-refractivity contribution in [2.75, 3.05) is 11.9 Å². The van der Waals surface area contributed by atoms with Gasteiger partial charge in [-0.15, -0.1) is 11.3 Å². The molecular weight excluding hydrogens is 402 g/mol. The third-order valence-electron chi connectivity index (χ3n) is 5.54. The lowest BCUT2D eigenvalue weighted by Crippen LogP contribution is -2.40. The van der Waals surface area contributed by atoms with Crippen LogP contribution in [-0.2, 0) is 22.4 Å². The average Bonchev–Trinajstić information content (AvgIpc) is 3.34. The molecule has 7 nitrogen and oxygen atoms in total. The van der Waals surface area contributed by atoms with Crippen LogP contribution in [0.1, 0.15) is 47.4 Å². The van der Waals surface area contributed by atoms with Crippen LogP contribution >= 0.6 is 11.3 Å². The zero-order chi connectivity index (χ0) is 20.9. The van der Waals surface area contributed by atoms with E-state index in [0.717, 1.165) is 49.0 Å². The molecule has 2 aliphatic carbocycles. The molecule has 1 saturated carbocycles. The van der Waals surface area contributed by atoms with Crippen LogP contribution in [0.25, 0.3) is 6.08 Å². The second-order valence-electron chi connectivity index (χ2n) is 7.64. The van der Waals surface area contributed by atoms with Crippen molar-refractivity contribution in [2.24, 2.45) is 5.92 Å². The third kappa shape index (κ3) is 4.74. The van der Waals surface area contributed by atoms with Crippen molar-refractivity contribution in [1.29, 1.82) is 5.26 Å². The Morgan fingerprint density at radius 2 is 2.23 bits per heavy atom. The van der Waals surface area contributed by atoms with E-state index in [1.54, 1.807) is 18.2 Å². The zero-order valence-corrected chi connectivity index (χ0v) is 17.3. The summed E-state index contributed by atoms with van der Waals surface area (Å²) >= 11 is 1.43. The molecule has 8 heteroatoms. The third-order valence-corrected chi connectivity index (χ3v) is 6.71. The van der Waals surface area contributed by atoms with Crippen molar-refractivity contribution in [1.82, 2.24) is 5.32 Å². The molecule has 2 amide bonds. The number of thiophene rings is 1. The van der Waals surface area contributed by atoms with Gasteiger partial charge in [0.1, 0.15) is 16.8 Å². The van der Waals surface area contributed by atoms with Crippen molar-refractivity contribution in [2.45, 2.75) is 44.6 Å². The lowest BCUT2D eigenvalue weighted by Gasteiger charge is -2.27. The van der Waals surface area contributed by atoms with E-state index >= 15 is 0 Å². The van der Waals surface area contributed by atoms with E-state index in [-0.39, 0.29) is 24.0 Å². The minimum absolute atomic E-state index is 0.220. The van der Waals surface area contributed by atoms with Crippen LogP contribution in [-0.4, -0.2) is 24.6 Å². The van der Waals surface area contributed by atoms with Crippen LogP contribution in [0.3, 0.4) is 0 Å². The Kier molecular flexibility index (Phi) is 6.19. The van der Waals surface area contributed by atoms with Gasteiger partial charge in [-0.25, -0.2) is 4.79 Å². The molecule has 2 aromatic heterocycles. The molecule has 0 radical (unpaired) electrons. The quantitative estimate of drug-likeness (QED) is 0.674. The van der Waals surface area contributed by atoms with Gasteiger partial charge in [-0.3, -0.25) is 4.79 Å². The lowest BCUT2D eigenvalue weighted by atomic mass is 9.88. The fourth-order valence-electron chi connectivity index (χ4n) is 3.65. The first-order chi connectivity index (χ1) is 14.6. The number of nitrogens with one attached hydrogen (secondary N) is 2. The molecule has 0 aromatic carbocycles. The lowest BCUT2D eigenvalue weighted by molar-refractivity contribution is -0.111. The van der Waals surface area contributed by atoms with E-state index in [1.807, 2.05) is 0 Å². The molecule has 2 aromatic rings. The molecule has 0 saturated heterocycles. The molecule has 2 heterocycles. The fraction of sp³-hybridized carbons (Fsp3) is 0.409. The number of hydrogen-bond donors (Lipinski definition) is 2. The minimum Gasteiger partial charge on any atom is -0.465 e. The molecule has 1 atom stereocenters. The monoisotopic (exact) mass is 425 g/mol. The van der Waals surface area contributed by atoms with Gasteiger partial charge < -0.3 is 19.8 Å². The molecule has 0 spiro atoms. The Labute approximate surface area is 178 Å². The van der Waals surface area contributed by atoms with Gasteiger partial charge in [0, 0.05) is 17.0 Å². The van der Waals surface area contributed by atoms with Gasteiger partial charge in [-0.05, 0) is 68.2 Å². The highest BCUT2D eigenvalue weighted by Gasteiger charge is 2.27. The Bertz CT molecular complexity index is 983. The largest absolute Gasteiger partial charge is 0.465 e. The van der Waals surface area contributed by atoms with Gasteiger partial charge >= 0.3 is 6.09 Å². The number of rotatable bonds is 6. The standard InChI is InChI=1S/C22H23N3O4S/c23-12-18-17-8-6-14(13-29-22(27)24-15-3-1-4-15)11-19(17)30-21(18)25-20(26)9-7-16-5-2-10-28-16/h2,5,7,9-10,14-15H,1,3-4,6,8,11,13H2,(H,24,27)(H,25,26). The Morgan fingerprint density at radius 3 is 2.93 bits per heavy atom. The number of furan rings is 1. The first-order valence-electron chi connectivity index (χ1n) is 10.1. The maximum absolute atomic E-state index is 12.2. The molecule has 1 unspecified atom stereocenters. The number of nitriles is 1. The molecule has 2 N–H and O–H groups in total. The van der Waals surface area contributed by atoms with E-state index in [9.17, 15) is 14.9 Å². The molecule has 1 fully saturated rings. The van der Waals surface area contributed by atoms with Gasteiger partial charge in [0.25, 0.3) is 0 Å². The summed E-state index contributed by atoms with van der Waals surface area (Å²) in [5.41, 5.74) is 1.54. The van der Waals surface area contributed by atoms with Gasteiger partial charge in [0.05, 0.1) is 18.4 Å². The highest BCUT2D eigenvalue weighted by atomic mass is 32.1. The maximum Gasteiger partial charge on any atom is 0.407 e. The highest BCUT2D eigenvalue weighted by molar-refractivity contribution is 7.16. The van der Waals surface area contributed by atoms with Gasteiger partial charge in [-0.2, -0.15) is 5.26 Å². The number of ether oxygens (including phenoxy) is 1. The average molecular weight is 426 g/mol. The predicted molar refractivity (Wildman–Crippen MR) is 113 cm³/mol. The van der Waals surface area contributed by atoms with Crippen molar-refractivity contribution < 1.29 is 18.7 Å². The molecular formula is C22H23N3O4S. The second kappa shape index (κ2) is 9.18. The first-order valence-corrected chi connectivity index (χ1v) is 10.9. The van der Waals surface area contributed by atoms with Crippen molar-refractivity contribution in [3.05, 3.63) is 46.2 Å². The summed E-state index contributed by atoms with van der Waals surface area (Å²) in [7, 11) is 0. The van der Waals surface area contributed by atoms with Gasteiger partial charge in [0.15, 0.2) is 0 Å². The van der Waals surface area contributed by atoms with E-state index in [4.69, 9.17) is 9.15 Å². The van der Waals surface area contributed by atoms with Crippen LogP contribution < -0.4 is 10.6 Å². The zero-order valence-electron chi connectivity index (χ0n) is 16.5. The number of nitrogens with zero attached hydrogens (tertiary/aromatic N) is 1. The second-order valence-corrected chi connectivity index (χ2v) is 8.74. The summed E-state index contributed by atoms with van der Waals surface area (Å²) in [6, 6.07) is 6.00. The van der Waals surface area contributed by atoms with E-state index < -0.39 is 0 Å². The van der Waals surface area contributed by atoms with Crippen molar-refractivity contribution in [3.63, 3.8) is 0 Å². The molecule has 4 rings (SSSR count). The number of amides is 2. The Balaban J connectivity index is 1.35. The Hall–Kier alpha value is -3.05. The first kappa shape index (κ1) is 20.2. The van der Waals surface area contributed by atoms with Crippen LogP contribution in [0.4, 0.5) is 9.80 Å². The topological polar surface area (TPSA) is 104 Å². The van der Waals surface area contributed by atoms with Gasteiger partial charge in [-0.1, -0.05) is 0 Å². The fourth-order valence-corrected chi connectivity index (χ4v) is 4.97. The summed E-state index contributed by atoms with van der Waals surface area (Å²) in [6.07, 6.45) is 9.70. The number of hydrogen-bond acceptors (Lipinski definition) is 6. The van der Waals surface area contributed by atoms with E-state index in [1.165, 1.54) is 23.7 Å². The van der Waals surface area contributed by atoms with Crippen LogP contribution in [0.5, 0.6) is 0 Å². The van der Waals surface area contributed by atoms with E-state index in [2.05, 4.69) is 16.7 Å². The van der Waals surface area contributed by atoms with E-state index in [0.29, 0.717) is 22.9 Å². The molecule has 0 aliphatic heterocycles. The molecule has 0 bridgehead atoms. The van der Waals surface area contributed by atoms with Crippen LogP contribution in [0, 0.1) is 17.2 Å². The van der Waals surface area contributed by atoms with Crippen LogP contribution in [0.15, 0.2) is 28.9 Å². The minimum atomic E-state index is -0.342. The molecule has 30 heavy (non-hydrogen) atoms. The predicted octanol–water partition coefficient (Wildman–Crippen LogP) is 4.25. The highest BCUT2D eigenvalue weighted by Crippen LogP contribution is 2.39. The summed E-state index contributed by atoms with van der Waals surface area (Å²) in [5.74, 6) is 0.492. The van der Waals surface area contributed by atoms with Crippen molar-refractivity contribution in [3.8, 4) is 6.07 Å². The SMILES string of the molecule is N#Cc1c(NC(=O)C=Cc2ccco2)sc2c1CCC(COC(=O)NC1CCC1)C2. The number of alkyl carbamates (subject to hydrolysis) is 1. The number of anilines is 1. The number of fused-ring (bicyclic) bond motifs is 1. The molecule has 2 aliphatic rings. The van der Waals surface area contributed by atoms with Gasteiger partial charge in [0.2, 0.25) is 5.91 Å². The molecule has 156 valence electrons. The summed E-state index contributed by atoms with van der Waals surface area (Å²) < 4.78 is 10.6. The maximum atomic E-state index is 12.2. The smallest absolute Gasteiger partial charge is 0.407 e. The number of carbonyl (C=O) groups excluding carboxylic acids is 2. The normalized spacial score (nSPS) is 18.3.